The molecule has 0 radical (unpaired) electrons. The summed E-state index contributed by atoms with van der Waals surface area (Å²) in [6, 6.07) is 8.65. The van der Waals surface area contributed by atoms with E-state index in [9.17, 15) is 5.11 Å². The lowest BCUT2D eigenvalue weighted by molar-refractivity contribution is 0.117. The molecule has 2 aliphatic carbocycles. The Hall–Kier alpha value is -0.820. The molecule has 0 aliphatic heterocycles. The van der Waals surface area contributed by atoms with Crippen LogP contribution in [0.1, 0.15) is 57.1 Å². The second kappa shape index (κ2) is 4.21. The molecular formula is C15H22O. The predicted molar refractivity (Wildman–Crippen MR) is 67.7 cm³/mol. The summed E-state index contributed by atoms with van der Waals surface area (Å²) in [4.78, 5) is 0. The smallest absolute Gasteiger partial charge is 0.0614 e. The minimum Gasteiger partial charge on any atom is -0.392 e. The van der Waals surface area contributed by atoms with Crippen molar-refractivity contribution in [3.05, 3.63) is 35.4 Å². The van der Waals surface area contributed by atoms with Gasteiger partial charge in [-0.1, -0.05) is 45.0 Å². The van der Waals surface area contributed by atoms with Crippen LogP contribution in [0.4, 0.5) is 0 Å². The maximum atomic E-state index is 10.0. The van der Waals surface area contributed by atoms with Crippen LogP contribution in [0.3, 0.4) is 0 Å². The van der Waals surface area contributed by atoms with Crippen molar-refractivity contribution in [3.63, 3.8) is 0 Å². The Morgan fingerprint density at radius 2 is 1.81 bits per heavy atom. The Labute approximate surface area is 98.5 Å². The highest BCUT2D eigenvalue weighted by atomic mass is 16.3. The lowest BCUT2D eigenvalue weighted by Gasteiger charge is -2.34. The standard InChI is InChI=1S/C13H16O.C2H6/c1-9-10-4-2-3-5-11(10)13(6-7-13)8-12(9)14;1-2/h2-5,9,12,14H,6-8H2,1H3;1-2H3. The average molecular weight is 218 g/mol. The summed E-state index contributed by atoms with van der Waals surface area (Å²) in [5.41, 5.74) is 3.25. The van der Waals surface area contributed by atoms with Gasteiger partial charge in [-0.3, -0.25) is 0 Å². The lowest BCUT2D eigenvalue weighted by Crippen LogP contribution is -2.30. The highest BCUT2D eigenvalue weighted by molar-refractivity contribution is 5.43. The van der Waals surface area contributed by atoms with E-state index in [0.29, 0.717) is 11.3 Å². The van der Waals surface area contributed by atoms with Crippen LogP contribution < -0.4 is 0 Å². The summed E-state index contributed by atoms with van der Waals surface area (Å²) in [5, 5.41) is 10.0. The van der Waals surface area contributed by atoms with Crippen LogP contribution in [0.2, 0.25) is 0 Å². The molecule has 1 aromatic rings. The molecular weight excluding hydrogens is 196 g/mol. The van der Waals surface area contributed by atoms with Crippen molar-refractivity contribution in [1.82, 2.24) is 0 Å². The van der Waals surface area contributed by atoms with E-state index in [-0.39, 0.29) is 6.10 Å². The first-order chi connectivity index (χ1) is 7.73. The number of hydrogen-bond acceptors (Lipinski definition) is 1. The van der Waals surface area contributed by atoms with Crippen LogP contribution in [0.25, 0.3) is 0 Å². The van der Waals surface area contributed by atoms with E-state index in [0.717, 1.165) is 6.42 Å². The highest BCUT2D eigenvalue weighted by Gasteiger charge is 2.50. The first-order valence-corrected chi connectivity index (χ1v) is 6.50. The highest BCUT2D eigenvalue weighted by Crippen LogP contribution is 2.57. The van der Waals surface area contributed by atoms with Gasteiger partial charge in [0.1, 0.15) is 0 Å². The summed E-state index contributed by atoms with van der Waals surface area (Å²) >= 11 is 0. The van der Waals surface area contributed by atoms with Crippen LogP contribution in [0, 0.1) is 0 Å². The van der Waals surface area contributed by atoms with Crippen molar-refractivity contribution in [2.75, 3.05) is 0 Å². The Morgan fingerprint density at radius 3 is 2.44 bits per heavy atom. The summed E-state index contributed by atoms with van der Waals surface area (Å²) in [6.07, 6.45) is 3.39. The van der Waals surface area contributed by atoms with Gasteiger partial charge in [0.15, 0.2) is 0 Å². The topological polar surface area (TPSA) is 20.2 Å². The van der Waals surface area contributed by atoms with Crippen molar-refractivity contribution in [2.45, 2.75) is 57.5 Å². The molecule has 0 heterocycles. The van der Waals surface area contributed by atoms with Gasteiger partial charge in [-0.2, -0.15) is 0 Å². The third-order valence-corrected chi connectivity index (χ3v) is 4.05. The molecule has 1 spiro atoms. The van der Waals surface area contributed by atoms with Gasteiger partial charge in [0.25, 0.3) is 0 Å². The Morgan fingerprint density at radius 1 is 1.19 bits per heavy atom. The normalized spacial score (nSPS) is 29.0. The Kier molecular flexibility index (Phi) is 3.07. The zero-order chi connectivity index (χ0) is 11.8. The summed E-state index contributed by atoms with van der Waals surface area (Å²) in [5.74, 6) is 0.317. The number of fused-ring (bicyclic) bond motifs is 2. The van der Waals surface area contributed by atoms with Crippen LogP contribution in [-0.2, 0) is 5.41 Å². The van der Waals surface area contributed by atoms with Gasteiger partial charge in [-0.15, -0.1) is 0 Å². The van der Waals surface area contributed by atoms with E-state index in [1.165, 1.54) is 24.0 Å². The van der Waals surface area contributed by atoms with Crippen LogP contribution in [0.15, 0.2) is 24.3 Å². The van der Waals surface area contributed by atoms with Crippen molar-refractivity contribution in [3.8, 4) is 0 Å². The van der Waals surface area contributed by atoms with E-state index in [1.807, 2.05) is 13.8 Å². The molecule has 0 aromatic heterocycles. The number of rotatable bonds is 0. The molecule has 1 saturated carbocycles. The lowest BCUT2D eigenvalue weighted by atomic mass is 9.73. The number of hydrogen-bond donors (Lipinski definition) is 1. The van der Waals surface area contributed by atoms with E-state index < -0.39 is 0 Å². The molecule has 1 nitrogen and oxygen atoms in total. The fourth-order valence-electron chi connectivity index (χ4n) is 2.90. The van der Waals surface area contributed by atoms with Crippen LogP contribution in [-0.4, -0.2) is 11.2 Å². The molecule has 2 aliphatic rings. The summed E-state index contributed by atoms with van der Waals surface area (Å²) < 4.78 is 0. The van der Waals surface area contributed by atoms with Gasteiger partial charge in [0.05, 0.1) is 6.10 Å². The maximum absolute atomic E-state index is 10.0. The molecule has 1 aromatic carbocycles. The largest absolute Gasteiger partial charge is 0.392 e. The molecule has 2 unspecified atom stereocenters. The quantitative estimate of drug-likeness (QED) is 0.705. The fraction of sp³-hybridized carbons (Fsp3) is 0.600. The fourth-order valence-corrected chi connectivity index (χ4v) is 2.90. The predicted octanol–water partition coefficient (Wildman–Crippen LogP) is 3.61. The van der Waals surface area contributed by atoms with E-state index in [1.54, 1.807) is 0 Å². The van der Waals surface area contributed by atoms with Crippen molar-refractivity contribution in [1.29, 1.82) is 0 Å². The average Bonchev–Trinajstić information content (AvgIpc) is 3.10. The monoisotopic (exact) mass is 218 g/mol. The minimum absolute atomic E-state index is 0.132. The van der Waals surface area contributed by atoms with E-state index >= 15 is 0 Å². The third kappa shape index (κ3) is 1.67. The van der Waals surface area contributed by atoms with Gasteiger partial charge in [-0.05, 0) is 35.8 Å². The molecule has 3 rings (SSSR count). The van der Waals surface area contributed by atoms with E-state index in [2.05, 4.69) is 31.2 Å². The number of aliphatic hydroxyl groups is 1. The number of aliphatic hydroxyl groups excluding tert-OH is 1. The molecule has 0 bridgehead atoms. The Balaban J connectivity index is 0.000000457. The maximum Gasteiger partial charge on any atom is 0.0614 e. The van der Waals surface area contributed by atoms with Gasteiger partial charge < -0.3 is 5.11 Å². The molecule has 88 valence electrons. The van der Waals surface area contributed by atoms with Crippen LogP contribution in [0.5, 0.6) is 0 Å². The van der Waals surface area contributed by atoms with Crippen molar-refractivity contribution < 1.29 is 5.11 Å². The minimum atomic E-state index is -0.132. The molecule has 16 heavy (non-hydrogen) atoms. The number of benzene rings is 1. The van der Waals surface area contributed by atoms with Gasteiger partial charge in [0, 0.05) is 5.92 Å². The van der Waals surface area contributed by atoms with Crippen molar-refractivity contribution in [2.24, 2.45) is 0 Å². The van der Waals surface area contributed by atoms with Crippen molar-refractivity contribution >= 4 is 0 Å². The third-order valence-electron chi connectivity index (χ3n) is 4.05. The van der Waals surface area contributed by atoms with E-state index in [4.69, 9.17) is 0 Å². The summed E-state index contributed by atoms with van der Waals surface area (Å²) in [6.45, 7) is 6.14. The first-order valence-electron chi connectivity index (χ1n) is 6.50. The van der Waals surface area contributed by atoms with Gasteiger partial charge in [0.2, 0.25) is 0 Å². The zero-order valence-electron chi connectivity index (χ0n) is 10.5. The second-order valence-electron chi connectivity index (χ2n) is 4.93. The van der Waals surface area contributed by atoms with Gasteiger partial charge >= 0.3 is 0 Å². The molecule has 1 N–H and O–H groups in total. The SMILES string of the molecule is CC.CC1c2ccccc2C2(CC2)CC1O. The zero-order valence-corrected chi connectivity index (χ0v) is 10.5. The van der Waals surface area contributed by atoms with Gasteiger partial charge in [-0.25, -0.2) is 0 Å². The molecule has 1 fully saturated rings. The molecule has 0 saturated heterocycles. The molecule has 0 amide bonds. The molecule has 1 heteroatoms. The summed E-state index contributed by atoms with van der Waals surface area (Å²) in [7, 11) is 0. The first kappa shape index (κ1) is 11.7. The second-order valence-corrected chi connectivity index (χ2v) is 4.93. The Bertz CT molecular complexity index is 365. The molecule has 2 atom stereocenters. The van der Waals surface area contributed by atoms with Crippen LogP contribution >= 0.6 is 0 Å².